The van der Waals surface area contributed by atoms with Gasteiger partial charge >= 0.3 is 6.09 Å². The zero-order chi connectivity index (χ0) is 20.4. The van der Waals surface area contributed by atoms with Crippen molar-refractivity contribution in [2.24, 2.45) is 0 Å². The van der Waals surface area contributed by atoms with Gasteiger partial charge in [-0.1, -0.05) is 35.9 Å². The van der Waals surface area contributed by atoms with E-state index < -0.39 is 12.2 Å². The van der Waals surface area contributed by atoms with Crippen molar-refractivity contribution in [2.75, 3.05) is 33.4 Å². The molecule has 8 heteroatoms. The van der Waals surface area contributed by atoms with Crippen LogP contribution in [0.3, 0.4) is 0 Å². The summed E-state index contributed by atoms with van der Waals surface area (Å²) >= 11 is 6.12. The van der Waals surface area contributed by atoms with E-state index in [0.29, 0.717) is 10.6 Å². The second-order valence-corrected chi connectivity index (χ2v) is 6.27. The van der Waals surface area contributed by atoms with E-state index in [1.165, 1.54) is 7.11 Å². The van der Waals surface area contributed by atoms with Crippen molar-refractivity contribution in [3.63, 3.8) is 0 Å². The first-order valence-corrected chi connectivity index (χ1v) is 9.11. The molecule has 3 N–H and O–H groups in total. The lowest BCUT2D eigenvalue weighted by Crippen LogP contribution is -2.28. The number of alkyl carbamates (subject to hydrolysis) is 1. The monoisotopic (exact) mass is 406 g/mol. The van der Waals surface area contributed by atoms with Crippen molar-refractivity contribution >= 4 is 23.6 Å². The predicted octanol–water partition coefficient (Wildman–Crippen LogP) is 2.52. The number of benzene rings is 2. The largest absolute Gasteiger partial charge is 0.453 e. The van der Waals surface area contributed by atoms with Crippen LogP contribution in [0.25, 0.3) is 0 Å². The zero-order valence-electron chi connectivity index (χ0n) is 15.5. The topological polar surface area (TPSA) is 96.9 Å². The zero-order valence-corrected chi connectivity index (χ0v) is 16.2. The van der Waals surface area contributed by atoms with Crippen LogP contribution in [0.5, 0.6) is 0 Å². The van der Waals surface area contributed by atoms with Crippen LogP contribution in [-0.4, -0.2) is 50.5 Å². The molecule has 2 aromatic carbocycles. The fourth-order valence-electron chi connectivity index (χ4n) is 2.57. The Labute approximate surface area is 168 Å². The highest BCUT2D eigenvalue weighted by Crippen LogP contribution is 2.28. The number of carbonyl (C=O) groups excluding carboxylic acids is 2. The van der Waals surface area contributed by atoms with Gasteiger partial charge in [0.25, 0.3) is 5.91 Å². The van der Waals surface area contributed by atoms with E-state index in [9.17, 15) is 9.59 Å². The Morgan fingerprint density at radius 3 is 2.46 bits per heavy atom. The Balaban J connectivity index is 2.21. The fraction of sp³-hybridized carbons (Fsp3) is 0.300. The number of nitrogens with one attached hydrogen (secondary N) is 2. The number of hydrogen-bond acceptors (Lipinski definition) is 5. The third kappa shape index (κ3) is 6.53. The van der Waals surface area contributed by atoms with Crippen LogP contribution in [0, 0.1) is 0 Å². The van der Waals surface area contributed by atoms with Crippen LogP contribution in [0.2, 0.25) is 5.02 Å². The van der Waals surface area contributed by atoms with Gasteiger partial charge < -0.3 is 25.2 Å². The van der Waals surface area contributed by atoms with E-state index in [0.717, 1.165) is 11.1 Å². The fourth-order valence-corrected chi connectivity index (χ4v) is 2.77. The van der Waals surface area contributed by atoms with Crippen LogP contribution >= 0.6 is 11.6 Å². The standard InChI is InChI=1S/C20H23ClN2O5/c1-27-20(26)23-9-11-28-18(15-5-3-7-17(21)13-15)14-4-2-6-16(12-14)19(25)22-8-10-24/h2-7,12-13,18,24H,8-11H2,1H3,(H,22,25)(H,23,26). The van der Waals surface area contributed by atoms with E-state index in [1.54, 1.807) is 30.3 Å². The number of methoxy groups -OCH3 is 1. The number of halogens is 1. The maximum absolute atomic E-state index is 12.2. The Hall–Kier alpha value is -2.61. The number of rotatable bonds is 9. The van der Waals surface area contributed by atoms with Gasteiger partial charge in [0.05, 0.1) is 20.3 Å². The van der Waals surface area contributed by atoms with Crippen LogP contribution in [0.1, 0.15) is 27.6 Å². The summed E-state index contributed by atoms with van der Waals surface area (Å²) in [5.41, 5.74) is 2.03. The third-order valence-electron chi connectivity index (χ3n) is 3.84. The molecular formula is C20H23ClN2O5. The summed E-state index contributed by atoms with van der Waals surface area (Å²) in [7, 11) is 1.29. The molecule has 0 fully saturated rings. The minimum absolute atomic E-state index is 0.132. The van der Waals surface area contributed by atoms with Crippen molar-refractivity contribution in [3.05, 3.63) is 70.2 Å². The van der Waals surface area contributed by atoms with Crippen LogP contribution in [0.15, 0.2) is 48.5 Å². The quantitative estimate of drug-likeness (QED) is 0.556. The Kier molecular flexibility index (Phi) is 8.74. The van der Waals surface area contributed by atoms with Crippen LogP contribution in [-0.2, 0) is 9.47 Å². The molecule has 150 valence electrons. The molecule has 2 rings (SSSR count). The first kappa shape index (κ1) is 21.7. The summed E-state index contributed by atoms with van der Waals surface area (Å²) in [6.07, 6.45) is -1.02. The van der Waals surface area contributed by atoms with E-state index in [4.69, 9.17) is 21.4 Å². The molecule has 0 aliphatic carbocycles. The summed E-state index contributed by atoms with van der Waals surface area (Å²) in [5, 5.41) is 14.6. The Morgan fingerprint density at radius 2 is 1.79 bits per heavy atom. The van der Waals surface area contributed by atoms with Crippen molar-refractivity contribution in [1.29, 1.82) is 0 Å². The van der Waals surface area contributed by atoms with Crippen LogP contribution < -0.4 is 10.6 Å². The van der Waals surface area contributed by atoms with Gasteiger partial charge in [0, 0.05) is 23.7 Å². The average Bonchev–Trinajstić information content (AvgIpc) is 2.71. The highest BCUT2D eigenvalue weighted by atomic mass is 35.5. The minimum Gasteiger partial charge on any atom is -0.453 e. The highest BCUT2D eigenvalue weighted by Gasteiger charge is 2.17. The number of amides is 2. The van der Waals surface area contributed by atoms with Gasteiger partial charge in [0.2, 0.25) is 0 Å². The maximum Gasteiger partial charge on any atom is 0.406 e. The minimum atomic E-state index is -0.537. The molecule has 0 aliphatic rings. The summed E-state index contributed by atoms with van der Waals surface area (Å²) in [4.78, 5) is 23.4. The van der Waals surface area contributed by atoms with Crippen molar-refractivity contribution in [3.8, 4) is 0 Å². The summed E-state index contributed by atoms with van der Waals surface area (Å²) in [6, 6.07) is 14.3. The lowest BCUT2D eigenvalue weighted by molar-refractivity contribution is 0.0804. The van der Waals surface area contributed by atoms with Gasteiger partial charge in [-0.2, -0.15) is 0 Å². The highest BCUT2D eigenvalue weighted by molar-refractivity contribution is 6.30. The summed E-state index contributed by atoms with van der Waals surface area (Å²) < 4.78 is 10.5. The third-order valence-corrected chi connectivity index (χ3v) is 4.08. The van der Waals surface area contributed by atoms with Crippen molar-refractivity contribution < 1.29 is 24.2 Å². The molecule has 0 saturated heterocycles. The summed E-state index contributed by atoms with van der Waals surface area (Å²) in [6.45, 7) is 0.539. The summed E-state index contributed by atoms with van der Waals surface area (Å²) in [5.74, 6) is -0.284. The number of hydrogen-bond donors (Lipinski definition) is 3. The molecular weight excluding hydrogens is 384 g/mol. The second-order valence-electron chi connectivity index (χ2n) is 5.83. The molecule has 0 bridgehead atoms. The van der Waals surface area contributed by atoms with Gasteiger partial charge in [0.1, 0.15) is 6.10 Å². The van der Waals surface area contributed by atoms with Gasteiger partial charge in [-0.05, 0) is 35.4 Å². The van der Waals surface area contributed by atoms with E-state index in [1.807, 2.05) is 18.2 Å². The molecule has 0 spiro atoms. The molecule has 1 unspecified atom stereocenters. The van der Waals surface area contributed by atoms with Crippen molar-refractivity contribution in [1.82, 2.24) is 10.6 Å². The molecule has 2 aromatic rings. The lowest BCUT2D eigenvalue weighted by atomic mass is 9.99. The number of aliphatic hydroxyl groups excluding tert-OH is 1. The first-order valence-electron chi connectivity index (χ1n) is 8.73. The molecule has 1 atom stereocenters. The predicted molar refractivity (Wildman–Crippen MR) is 106 cm³/mol. The Morgan fingerprint density at radius 1 is 1.07 bits per heavy atom. The SMILES string of the molecule is COC(=O)NCCOC(c1cccc(Cl)c1)c1cccc(C(=O)NCCO)c1. The molecule has 0 radical (unpaired) electrons. The van der Waals surface area contributed by atoms with Gasteiger partial charge in [-0.3, -0.25) is 4.79 Å². The molecule has 0 heterocycles. The molecule has 7 nitrogen and oxygen atoms in total. The van der Waals surface area contributed by atoms with E-state index in [-0.39, 0.29) is 32.2 Å². The van der Waals surface area contributed by atoms with Crippen molar-refractivity contribution in [2.45, 2.75) is 6.10 Å². The molecule has 0 saturated carbocycles. The lowest BCUT2D eigenvalue weighted by Gasteiger charge is -2.20. The van der Waals surface area contributed by atoms with Gasteiger partial charge in [-0.15, -0.1) is 0 Å². The van der Waals surface area contributed by atoms with Crippen LogP contribution in [0.4, 0.5) is 4.79 Å². The number of ether oxygens (including phenoxy) is 2. The van der Waals surface area contributed by atoms with E-state index >= 15 is 0 Å². The average molecular weight is 407 g/mol. The molecule has 0 aromatic heterocycles. The first-order chi connectivity index (χ1) is 13.5. The molecule has 0 aliphatic heterocycles. The molecule has 28 heavy (non-hydrogen) atoms. The van der Waals surface area contributed by atoms with Gasteiger partial charge in [0.15, 0.2) is 0 Å². The second kappa shape index (κ2) is 11.3. The number of carbonyl (C=O) groups is 2. The maximum atomic E-state index is 12.2. The van der Waals surface area contributed by atoms with E-state index in [2.05, 4.69) is 15.4 Å². The Bertz CT molecular complexity index is 800. The smallest absolute Gasteiger partial charge is 0.406 e. The molecule has 2 amide bonds. The number of aliphatic hydroxyl groups is 1. The van der Waals surface area contributed by atoms with Gasteiger partial charge in [-0.25, -0.2) is 4.79 Å². The normalized spacial score (nSPS) is 11.5.